The Bertz CT molecular complexity index is 525. The second kappa shape index (κ2) is 5.96. The molecule has 21 heavy (non-hydrogen) atoms. The number of carbonyl (C=O) groups excluding carboxylic acids is 1. The summed E-state index contributed by atoms with van der Waals surface area (Å²) in [5.74, 6) is 0.606. The molecular formula is C17H25NO3. The Kier molecular flexibility index (Phi) is 4.45. The molecule has 0 spiro atoms. The number of hydrogen-bond acceptors (Lipinski definition) is 4. The van der Waals surface area contributed by atoms with E-state index in [1.807, 2.05) is 0 Å². The Morgan fingerprint density at radius 3 is 2.67 bits per heavy atom. The van der Waals surface area contributed by atoms with Crippen LogP contribution in [0.4, 0.5) is 5.69 Å². The van der Waals surface area contributed by atoms with Gasteiger partial charge in [-0.2, -0.15) is 0 Å². The van der Waals surface area contributed by atoms with Gasteiger partial charge in [-0.25, -0.2) is 4.79 Å². The summed E-state index contributed by atoms with van der Waals surface area (Å²) in [6, 6.07) is 5.14. The number of nitrogens with two attached hydrogens (primary N) is 1. The fourth-order valence-corrected chi connectivity index (χ4v) is 3.51. The number of hydrogen-bond donors (Lipinski definition) is 1. The van der Waals surface area contributed by atoms with E-state index in [4.69, 9.17) is 15.2 Å². The number of carbonyl (C=O) groups is 1. The van der Waals surface area contributed by atoms with Crippen molar-refractivity contribution in [1.29, 1.82) is 0 Å². The fourth-order valence-electron chi connectivity index (χ4n) is 3.51. The number of anilines is 1. The molecule has 4 nitrogen and oxygen atoms in total. The lowest BCUT2D eigenvalue weighted by Crippen LogP contribution is -2.34. The molecule has 116 valence electrons. The molecule has 0 saturated heterocycles. The summed E-state index contributed by atoms with van der Waals surface area (Å²) >= 11 is 0. The monoisotopic (exact) mass is 291 g/mol. The number of esters is 1. The minimum absolute atomic E-state index is 0.0395. The predicted molar refractivity (Wildman–Crippen MR) is 83.4 cm³/mol. The molecule has 4 heteroatoms. The fraction of sp³-hybridized carbons (Fsp3) is 0.588. The molecule has 1 fully saturated rings. The van der Waals surface area contributed by atoms with Gasteiger partial charge < -0.3 is 15.2 Å². The molecule has 2 rings (SSSR count). The second-order valence-electron chi connectivity index (χ2n) is 6.87. The van der Waals surface area contributed by atoms with E-state index in [9.17, 15) is 4.79 Å². The molecule has 1 aromatic rings. The van der Waals surface area contributed by atoms with Gasteiger partial charge in [0.15, 0.2) is 5.75 Å². The van der Waals surface area contributed by atoms with Gasteiger partial charge in [0.2, 0.25) is 0 Å². The first-order valence-electron chi connectivity index (χ1n) is 7.46. The number of para-hydroxylation sites is 1. The van der Waals surface area contributed by atoms with Crippen molar-refractivity contribution < 1.29 is 14.3 Å². The summed E-state index contributed by atoms with van der Waals surface area (Å²) in [7, 11) is 1.51. The zero-order valence-electron chi connectivity index (χ0n) is 13.3. The van der Waals surface area contributed by atoms with Crippen LogP contribution in [-0.4, -0.2) is 19.2 Å². The summed E-state index contributed by atoms with van der Waals surface area (Å²) in [5, 5.41) is 0. The number of ether oxygens (including phenoxy) is 2. The van der Waals surface area contributed by atoms with Crippen LogP contribution in [0, 0.1) is 11.3 Å². The van der Waals surface area contributed by atoms with Crippen LogP contribution >= 0.6 is 0 Å². The van der Waals surface area contributed by atoms with Crippen LogP contribution in [0.15, 0.2) is 18.2 Å². The Hall–Kier alpha value is -1.71. The predicted octanol–water partition coefficient (Wildman–Crippen LogP) is 3.65. The van der Waals surface area contributed by atoms with Gasteiger partial charge in [-0.1, -0.05) is 26.8 Å². The minimum atomic E-state index is -0.353. The van der Waals surface area contributed by atoms with Gasteiger partial charge in [0.05, 0.1) is 12.8 Å². The van der Waals surface area contributed by atoms with Gasteiger partial charge in [-0.15, -0.1) is 0 Å². The molecule has 2 unspecified atom stereocenters. The van der Waals surface area contributed by atoms with E-state index >= 15 is 0 Å². The number of rotatable bonds is 3. The van der Waals surface area contributed by atoms with Crippen LogP contribution < -0.4 is 10.5 Å². The first-order chi connectivity index (χ1) is 9.82. The van der Waals surface area contributed by atoms with Crippen LogP contribution in [0.3, 0.4) is 0 Å². The molecule has 1 aromatic carbocycles. The molecule has 0 aliphatic heterocycles. The van der Waals surface area contributed by atoms with Crippen LogP contribution in [0.2, 0.25) is 0 Å². The van der Waals surface area contributed by atoms with Crippen molar-refractivity contribution in [3.8, 4) is 5.75 Å². The van der Waals surface area contributed by atoms with Crippen LogP contribution in [-0.2, 0) is 4.74 Å². The zero-order valence-corrected chi connectivity index (χ0v) is 13.3. The number of methoxy groups -OCH3 is 1. The van der Waals surface area contributed by atoms with Crippen molar-refractivity contribution in [2.45, 2.75) is 46.1 Å². The molecule has 0 aromatic heterocycles. The van der Waals surface area contributed by atoms with Crippen molar-refractivity contribution >= 4 is 11.7 Å². The lowest BCUT2D eigenvalue weighted by atomic mass is 9.71. The van der Waals surface area contributed by atoms with Gasteiger partial charge in [-0.05, 0) is 42.7 Å². The summed E-state index contributed by atoms with van der Waals surface area (Å²) in [5.41, 5.74) is 6.89. The van der Waals surface area contributed by atoms with Gasteiger partial charge in [0.25, 0.3) is 0 Å². The van der Waals surface area contributed by atoms with E-state index in [-0.39, 0.29) is 17.5 Å². The molecule has 0 amide bonds. The number of benzene rings is 1. The molecule has 2 atom stereocenters. The first kappa shape index (κ1) is 15.7. The number of nitrogen functional groups attached to an aromatic ring is 1. The molecule has 1 aliphatic carbocycles. The Balaban J connectivity index is 2.13. The van der Waals surface area contributed by atoms with Crippen LogP contribution in [0.25, 0.3) is 0 Å². The first-order valence-corrected chi connectivity index (χ1v) is 7.46. The smallest absolute Gasteiger partial charge is 0.342 e. The van der Waals surface area contributed by atoms with E-state index in [2.05, 4.69) is 20.8 Å². The van der Waals surface area contributed by atoms with E-state index in [0.717, 1.165) is 12.8 Å². The maximum atomic E-state index is 12.4. The largest absolute Gasteiger partial charge is 0.494 e. The minimum Gasteiger partial charge on any atom is -0.494 e. The third kappa shape index (κ3) is 3.69. The highest BCUT2D eigenvalue weighted by atomic mass is 16.5. The average molecular weight is 291 g/mol. The van der Waals surface area contributed by atoms with Crippen molar-refractivity contribution in [1.82, 2.24) is 0 Å². The molecule has 0 radical (unpaired) electrons. The van der Waals surface area contributed by atoms with E-state index in [1.165, 1.54) is 13.5 Å². The topological polar surface area (TPSA) is 61.5 Å². The highest BCUT2D eigenvalue weighted by Gasteiger charge is 2.34. The van der Waals surface area contributed by atoms with Crippen molar-refractivity contribution in [3.05, 3.63) is 23.8 Å². The highest BCUT2D eigenvalue weighted by molar-refractivity contribution is 5.94. The molecule has 1 saturated carbocycles. The van der Waals surface area contributed by atoms with E-state index in [1.54, 1.807) is 18.2 Å². The summed E-state index contributed by atoms with van der Waals surface area (Å²) in [4.78, 5) is 12.4. The molecule has 2 N–H and O–H groups in total. The van der Waals surface area contributed by atoms with Gasteiger partial charge >= 0.3 is 5.97 Å². The highest BCUT2D eigenvalue weighted by Crippen LogP contribution is 2.40. The lowest BCUT2D eigenvalue weighted by molar-refractivity contribution is -0.00735. The van der Waals surface area contributed by atoms with Crippen LogP contribution in [0.1, 0.15) is 50.4 Å². The molecule has 0 heterocycles. The van der Waals surface area contributed by atoms with Gasteiger partial charge in [-0.3, -0.25) is 0 Å². The van der Waals surface area contributed by atoms with Crippen molar-refractivity contribution in [3.63, 3.8) is 0 Å². The summed E-state index contributed by atoms with van der Waals surface area (Å²) in [6.45, 7) is 6.66. The summed E-state index contributed by atoms with van der Waals surface area (Å²) in [6.07, 6.45) is 2.94. The van der Waals surface area contributed by atoms with Gasteiger partial charge in [0.1, 0.15) is 11.7 Å². The average Bonchev–Trinajstić information content (AvgIpc) is 2.35. The van der Waals surface area contributed by atoms with Crippen LogP contribution in [0.5, 0.6) is 5.75 Å². The third-order valence-electron chi connectivity index (χ3n) is 4.09. The molecule has 0 bridgehead atoms. The summed E-state index contributed by atoms with van der Waals surface area (Å²) < 4.78 is 10.9. The standard InChI is InChI=1S/C17H25NO3/c1-11-8-12(10-17(2,3)9-11)21-16(19)13-6-5-7-14(18)15(13)20-4/h5-7,11-12H,8-10,18H2,1-4H3. The van der Waals surface area contributed by atoms with Crippen molar-refractivity contribution in [2.75, 3.05) is 12.8 Å². The lowest BCUT2D eigenvalue weighted by Gasteiger charge is -2.38. The normalized spacial score (nSPS) is 24.4. The quantitative estimate of drug-likeness (QED) is 0.682. The van der Waals surface area contributed by atoms with Gasteiger partial charge in [0, 0.05) is 0 Å². The Morgan fingerprint density at radius 1 is 1.33 bits per heavy atom. The SMILES string of the molecule is COc1c(N)cccc1C(=O)OC1CC(C)CC(C)(C)C1. The van der Waals surface area contributed by atoms with E-state index in [0.29, 0.717) is 22.9 Å². The Morgan fingerprint density at radius 2 is 2.05 bits per heavy atom. The molecular weight excluding hydrogens is 266 g/mol. The maximum absolute atomic E-state index is 12.4. The molecule has 1 aliphatic rings. The maximum Gasteiger partial charge on any atom is 0.342 e. The van der Waals surface area contributed by atoms with E-state index < -0.39 is 0 Å². The second-order valence-corrected chi connectivity index (χ2v) is 6.87. The third-order valence-corrected chi connectivity index (χ3v) is 4.09. The Labute approximate surface area is 126 Å². The zero-order chi connectivity index (χ0) is 15.6. The van der Waals surface area contributed by atoms with Crippen molar-refractivity contribution in [2.24, 2.45) is 11.3 Å².